The van der Waals surface area contributed by atoms with Gasteiger partial charge < -0.3 is 15.4 Å². The van der Waals surface area contributed by atoms with Crippen molar-refractivity contribution in [3.05, 3.63) is 28.2 Å². The standard InChI is InChI=1S/C15H22BrN3O2/c1-12-10-13(16)2-3-14(12)18-11-15(20)17-4-5-19-6-8-21-9-7-19/h2-3,10,18H,4-9,11H2,1H3,(H,17,20). The molecule has 2 rings (SSSR count). The summed E-state index contributed by atoms with van der Waals surface area (Å²) < 4.78 is 6.33. The van der Waals surface area contributed by atoms with Gasteiger partial charge in [-0.3, -0.25) is 9.69 Å². The number of hydrogen-bond donors (Lipinski definition) is 2. The molecule has 0 aromatic heterocycles. The molecule has 0 radical (unpaired) electrons. The summed E-state index contributed by atoms with van der Waals surface area (Å²) in [7, 11) is 0. The Labute approximate surface area is 134 Å². The number of ether oxygens (including phenoxy) is 1. The number of amides is 1. The maximum atomic E-state index is 11.8. The third-order valence-corrected chi connectivity index (χ3v) is 3.98. The number of nitrogens with one attached hydrogen (secondary N) is 2. The van der Waals surface area contributed by atoms with Gasteiger partial charge in [0.05, 0.1) is 19.8 Å². The van der Waals surface area contributed by atoms with Gasteiger partial charge in [-0.25, -0.2) is 0 Å². The van der Waals surface area contributed by atoms with Crippen LogP contribution in [0.1, 0.15) is 5.56 Å². The van der Waals surface area contributed by atoms with Crippen LogP contribution < -0.4 is 10.6 Å². The zero-order chi connectivity index (χ0) is 15.1. The van der Waals surface area contributed by atoms with Crippen LogP contribution in [0, 0.1) is 6.92 Å². The lowest BCUT2D eigenvalue weighted by Gasteiger charge is -2.26. The molecular weight excluding hydrogens is 334 g/mol. The smallest absolute Gasteiger partial charge is 0.239 e. The molecule has 1 aliphatic rings. The number of rotatable bonds is 6. The molecule has 21 heavy (non-hydrogen) atoms. The third-order valence-electron chi connectivity index (χ3n) is 3.48. The molecule has 1 aliphatic heterocycles. The van der Waals surface area contributed by atoms with Gasteiger partial charge in [-0.05, 0) is 30.7 Å². The van der Waals surface area contributed by atoms with Crippen molar-refractivity contribution in [1.82, 2.24) is 10.2 Å². The van der Waals surface area contributed by atoms with Crippen LogP contribution in [0.5, 0.6) is 0 Å². The van der Waals surface area contributed by atoms with E-state index in [4.69, 9.17) is 4.74 Å². The lowest BCUT2D eigenvalue weighted by Crippen LogP contribution is -2.42. The number of halogens is 1. The molecule has 1 heterocycles. The Kier molecular flexibility index (Phi) is 6.48. The summed E-state index contributed by atoms with van der Waals surface area (Å²) in [6, 6.07) is 5.96. The van der Waals surface area contributed by atoms with Crippen LogP contribution in [0.25, 0.3) is 0 Å². The second-order valence-corrected chi connectivity index (χ2v) is 6.03. The summed E-state index contributed by atoms with van der Waals surface area (Å²) in [5, 5.41) is 6.10. The topological polar surface area (TPSA) is 53.6 Å². The highest BCUT2D eigenvalue weighted by Gasteiger charge is 2.10. The first kappa shape index (κ1) is 16.3. The van der Waals surface area contributed by atoms with E-state index in [2.05, 4.69) is 31.5 Å². The largest absolute Gasteiger partial charge is 0.379 e. The average molecular weight is 356 g/mol. The van der Waals surface area contributed by atoms with E-state index < -0.39 is 0 Å². The molecule has 5 nitrogen and oxygen atoms in total. The number of anilines is 1. The lowest BCUT2D eigenvalue weighted by molar-refractivity contribution is -0.119. The average Bonchev–Trinajstić information content (AvgIpc) is 2.47. The maximum absolute atomic E-state index is 11.8. The first-order valence-corrected chi connectivity index (χ1v) is 8.01. The molecule has 116 valence electrons. The number of aryl methyl sites for hydroxylation is 1. The van der Waals surface area contributed by atoms with E-state index in [0.717, 1.165) is 48.6 Å². The minimum atomic E-state index is 0.0191. The molecule has 2 N–H and O–H groups in total. The van der Waals surface area contributed by atoms with Gasteiger partial charge in [-0.15, -0.1) is 0 Å². The highest BCUT2D eigenvalue weighted by Crippen LogP contribution is 2.19. The molecule has 0 unspecified atom stereocenters. The first-order valence-electron chi connectivity index (χ1n) is 7.22. The minimum absolute atomic E-state index is 0.0191. The fourth-order valence-corrected chi connectivity index (χ4v) is 2.72. The first-order chi connectivity index (χ1) is 10.1. The predicted octanol–water partition coefficient (Wildman–Crippen LogP) is 1.62. The van der Waals surface area contributed by atoms with Gasteiger partial charge in [0.25, 0.3) is 0 Å². The minimum Gasteiger partial charge on any atom is -0.379 e. The number of carbonyl (C=O) groups excluding carboxylic acids is 1. The highest BCUT2D eigenvalue weighted by atomic mass is 79.9. The van der Waals surface area contributed by atoms with Crippen LogP contribution in [-0.2, 0) is 9.53 Å². The Morgan fingerprint density at radius 1 is 1.38 bits per heavy atom. The summed E-state index contributed by atoms with van der Waals surface area (Å²) in [6.45, 7) is 7.36. The summed E-state index contributed by atoms with van der Waals surface area (Å²) >= 11 is 3.43. The van der Waals surface area contributed by atoms with Crippen LogP contribution in [0.3, 0.4) is 0 Å². The molecule has 0 saturated carbocycles. The number of nitrogens with zero attached hydrogens (tertiary/aromatic N) is 1. The van der Waals surface area contributed by atoms with Crippen LogP contribution in [0.2, 0.25) is 0 Å². The SMILES string of the molecule is Cc1cc(Br)ccc1NCC(=O)NCCN1CCOCC1. The van der Waals surface area contributed by atoms with Gasteiger partial charge in [0.1, 0.15) is 0 Å². The Balaban J connectivity index is 1.65. The van der Waals surface area contributed by atoms with Gasteiger partial charge in [0.15, 0.2) is 0 Å². The van der Waals surface area contributed by atoms with Crippen LogP contribution in [-0.4, -0.2) is 56.7 Å². The van der Waals surface area contributed by atoms with Crippen molar-refractivity contribution in [1.29, 1.82) is 0 Å². The zero-order valence-electron chi connectivity index (χ0n) is 12.3. The monoisotopic (exact) mass is 355 g/mol. The van der Waals surface area contributed by atoms with Crippen molar-refractivity contribution in [2.45, 2.75) is 6.92 Å². The Morgan fingerprint density at radius 3 is 2.86 bits per heavy atom. The van der Waals surface area contributed by atoms with Gasteiger partial charge in [0, 0.05) is 36.3 Å². The van der Waals surface area contributed by atoms with Gasteiger partial charge in [-0.1, -0.05) is 15.9 Å². The van der Waals surface area contributed by atoms with Crippen LogP contribution in [0.15, 0.2) is 22.7 Å². The molecule has 0 atom stereocenters. The van der Waals surface area contributed by atoms with E-state index in [1.165, 1.54) is 0 Å². The Hall–Kier alpha value is -1.11. The van der Waals surface area contributed by atoms with Crippen molar-refractivity contribution in [2.75, 3.05) is 51.3 Å². The summed E-state index contributed by atoms with van der Waals surface area (Å²) in [5.41, 5.74) is 2.10. The molecule has 1 saturated heterocycles. The highest BCUT2D eigenvalue weighted by molar-refractivity contribution is 9.10. The Bertz CT molecular complexity index is 476. The fraction of sp³-hybridized carbons (Fsp3) is 0.533. The quantitative estimate of drug-likeness (QED) is 0.814. The van der Waals surface area contributed by atoms with E-state index in [0.29, 0.717) is 13.1 Å². The number of carbonyl (C=O) groups is 1. The van der Waals surface area contributed by atoms with E-state index in [-0.39, 0.29) is 5.91 Å². The third kappa shape index (κ3) is 5.65. The summed E-state index contributed by atoms with van der Waals surface area (Å²) in [5.74, 6) is 0.0191. The predicted molar refractivity (Wildman–Crippen MR) is 87.6 cm³/mol. The lowest BCUT2D eigenvalue weighted by atomic mass is 10.2. The summed E-state index contributed by atoms with van der Waals surface area (Å²) in [4.78, 5) is 14.1. The molecule has 0 bridgehead atoms. The second kappa shape index (κ2) is 8.36. The van der Waals surface area contributed by atoms with Crippen molar-refractivity contribution in [3.63, 3.8) is 0 Å². The molecule has 0 spiro atoms. The van der Waals surface area contributed by atoms with Gasteiger partial charge in [0.2, 0.25) is 5.91 Å². The molecule has 6 heteroatoms. The van der Waals surface area contributed by atoms with E-state index in [9.17, 15) is 4.79 Å². The van der Waals surface area contributed by atoms with Crippen molar-refractivity contribution < 1.29 is 9.53 Å². The number of benzene rings is 1. The zero-order valence-corrected chi connectivity index (χ0v) is 13.9. The summed E-state index contributed by atoms with van der Waals surface area (Å²) in [6.07, 6.45) is 0. The molecule has 1 aromatic carbocycles. The Morgan fingerprint density at radius 2 is 2.14 bits per heavy atom. The second-order valence-electron chi connectivity index (χ2n) is 5.12. The maximum Gasteiger partial charge on any atom is 0.239 e. The van der Waals surface area contributed by atoms with E-state index in [1.54, 1.807) is 0 Å². The van der Waals surface area contributed by atoms with Crippen LogP contribution >= 0.6 is 15.9 Å². The van der Waals surface area contributed by atoms with E-state index in [1.807, 2.05) is 25.1 Å². The molecule has 1 amide bonds. The van der Waals surface area contributed by atoms with Crippen LogP contribution in [0.4, 0.5) is 5.69 Å². The van der Waals surface area contributed by atoms with Gasteiger partial charge in [-0.2, -0.15) is 0 Å². The van der Waals surface area contributed by atoms with Crippen molar-refractivity contribution in [3.8, 4) is 0 Å². The van der Waals surface area contributed by atoms with Gasteiger partial charge >= 0.3 is 0 Å². The molecule has 1 fully saturated rings. The molecule has 0 aliphatic carbocycles. The number of morpholine rings is 1. The molecule has 1 aromatic rings. The van der Waals surface area contributed by atoms with Crippen molar-refractivity contribution >= 4 is 27.5 Å². The molecular formula is C15H22BrN3O2. The van der Waals surface area contributed by atoms with Crippen molar-refractivity contribution in [2.24, 2.45) is 0 Å². The number of hydrogen-bond acceptors (Lipinski definition) is 4. The normalized spacial score (nSPS) is 15.7. The van der Waals surface area contributed by atoms with E-state index >= 15 is 0 Å². The fourth-order valence-electron chi connectivity index (χ4n) is 2.24.